The van der Waals surface area contributed by atoms with E-state index in [1.165, 1.54) is 5.56 Å². The number of imidazole rings is 1. The fourth-order valence-corrected chi connectivity index (χ4v) is 4.32. The average Bonchev–Trinajstić information content (AvgIpc) is 3.19. The summed E-state index contributed by atoms with van der Waals surface area (Å²) in [6.45, 7) is 3.30. The second kappa shape index (κ2) is 9.42. The standard InChI is InChI=1S/C26H29N5O/c1-4-16-31-19-27-23-24(30(3)17-13-21-10-6-5-7-11-21)28-22(29-25(23)31)12-15-26(32)14-8-9-20(2)18-26/h1,5-7,10-11,19-20,32H,8-9,13-14,16-18H2,2-3H3/t20-,26-/m1/s1. The van der Waals surface area contributed by atoms with Crippen molar-refractivity contribution in [3.05, 3.63) is 48.0 Å². The van der Waals surface area contributed by atoms with Crippen molar-refractivity contribution in [3.8, 4) is 24.2 Å². The van der Waals surface area contributed by atoms with Crippen molar-refractivity contribution in [2.45, 2.75) is 51.2 Å². The van der Waals surface area contributed by atoms with E-state index in [2.05, 4.69) is 51.7 Å². The highest BCUT2D eigenvalue weighted by atomic mass is 16.3. The number of nitrogens with zero attached hydrogens (tertiary/aromatic N) is 5. The molecule has 0 amide bonds. The van der Waals surface area contributed by atoms with E-state index in [0.717, 1.165) is 31.6 Å². The zero-order valence-corrected chi connectivity index (χ0v) is 18.8. The van der Waals surface area contributed by atoms with Crippen molar-refractivity contribution >= 4 is 17.0 Å². The van der Waals surface area contributed by atoms with Crippen LogP contribution in [0.5, 0.6) is 0 Å². The summed E-state index contributed by atoms with van der Waals surface area (Å²) in [5.41, 5.74) is 1.64. The van der Waals surface area contributed by atoms with E-state index in [4.69, 9.17) is 11.4 Å². The second-order valence-corrected chi connectivity index (χ2v) is 8.76. The molecule has 2 heterocycles. The van der Waals surface area contributed by atoms with Crippen molar-refractivity contribution in [2.75, 3.05) is 18.5 Å². The van der Waals surface area contributed by atoms with Gasteiger partial charge in [0.2, 0.25) is 5.82 Å². The van der Waals surface area contributed by atoms with Crippen molar-refractivity contribution in [3.63, 3.8) is 0 Å². The van der Waals surface area contributed by atoms with E-state index in [-0.39, 0.29) is 0 Å². The number of anilines is 1. The van der Waals surface area contributed by atoms with E-state index in [9.17, 15) is 5.11 Å². The Morgan fingerprint density at radius 1 is 1.28 bits per heavy atom. The maximum Gasteiger partial charge on any atom is 0.209 e. The van der Waals surface area contributed by atoms with E-state index < -0.39 is 5.60 Å². The highest BCUT2D eigenvalue weighted by molar-refractivity contribution is 5.84. The van der Waals surface area contributed by atoms with E-state index >= 15 is 0 Å². The lowest BCUT2D eigenvalue weighted by molar-refractivity contribution is 0.0410. The molecule has 6 nitrogen and oxygen atoms in total. The largest absolute Gasteiger partial charge is 0.378 e. The zero-order chi connectivity index (χ0) is 22.6. The maximum atomic E-state index is 10.9. The SMILES string of the molecule is C#CCn1cnc2c(N(C)CCc3ccccc3)nc(C#C[C@]3(O)CCC[C@@H](C)C3)nc21. The predicted molar refractivity (Wildman–Crippen MR) is 127 cm³/mol. The fraction of sp³-hybridized carbons (Fsp3) is 0.423. The van der Waals surface area contributed by atoms with Gasteiger partial charge in [0.25, 0.3) is 0 Å². The van der Waals surface area contributed by atoms with Gasteiger partial charge in [0.05, 0.1) is 12.9 Å². The average molecular weight is 428 g/mol. The van der Waals surface area contributed by atoms with Gasteiger partial charge in [-0.3, -0.25) is 0 Å². The molecule has 4 rings (SSSR count). The third-order valence-electron chi connectivity index (χ3n) is 6.03. The first-order chi connectivity index (χ1) is 15.5. The molecule has 1 aliphatic rings. The number of benzene rings is 1. The van der Waals surface area contributed by atoms with Gasteiger partial charge in [0, 0.05) is 13.6 Å². The van der Waals surface area contributed by atoms with Crippen LogP contribution in [0.2, 0.25) is 0 Å². The molecule has 164 valence electrons. The van der Waals surface area contributed by atoms with Gasteiger partial charge >= 0.3 is 0 Å². The van der Waals surface area contributed by atoms with Crippen LogP contribution < -0.4 is 4.90 Å². The Labute approximate surface area is 189 Å². The predicted octanol–water partition coefficient (Wildman–Crippen LogP) is 3.43. The van der Waals surface area contributed by atoms with Crippen LogP contribution in [0.3, 0.4) is 0 Å². The van der Waals surface area contributed by atoms with Crippen molar-refractivity contribution < 1.29 is 5.11 Å². The van der Waals surface area contributed by atoms with Crippen molar-refractivity contribution in [2.24, 2.45) is 5.92 Å². The van der Waals surface area contributed by atoms with Crippen LogP contribution in [0.15, 0.2) is 36.7 Å². The number of likely N-dealkylation sites (N-methyl/N-ethyl adjacent to an activating group) is 1. The lowest BCUT2D eigenvalue weighted by Crippen LogP contribution is -2.32. The van der Waals surface area contributed by atoms with Gasteiger partial charge in [-0.25, -0.2) is 15.0 Å². The van der Waals surface area contributed by atoms with Crippen LogP contribution in [-0.2, 0) is 13.0 Å². The third kappa shape index (κ3) is 4.93. The number of aliphatic hydroxyl groups is 1. The quantitative estimate of drug-likeness (QED) is 0.632. The van der Waals surface area contributed by atoms with Crippen LogP contribution in [-0.4, -0.2) is 43.8 Å². The molecule has 0 radical (unpaired) electrons. The van der Waals surface area contributed by atoms with E-state index in [0.29, 0.717) is 42.3 Å². The molecule has 6 heteroatoms. The molecule has 2 atom stereocenters. The maximum absolute atomic E-state index is 10.9. The number of aromatic nitrogens is 4. The van der Waals surface area contributed by atoms with Crippen LogP contribution in [0, 0.1) is 30.1 Å². The molecule has 1 aromatic carbocycles. The normalized spacial score (nSPS) is 20.4. The summed E-state index contributed by atoms with van der Waals surface area (Å²) >= 11 is 0. The lowest BCUT2D eigenvalue weighted by Gasteiger charge is -2.30. The molecule has 0 aliphatic heterocycles. The minimum absolute atomic E-state index is 0.370. The summed E-state index contributed by atoms with van der Waals surface area (Å²) in [6.07, 6.45) is 11.6. The highest BCUT2D eigenvalue weighted by Crippen LogP contribution is 2.31. The van der Waals surface area contributed by atoms with Gasteiger partial charge < -0.3 is 14.6 Å². The second-order valence-electron chi connectivity index (χ2n) is 8.76. The molecule has 1 fully saturated rings. The number of rotatable bonds is 5. The van der Waals surface area contributed by atoms with E-state index in [1.54, 1.807) is 6.33 Å². The van der Waals surface area contributed by atoms with Gasteiger partial charge in [-0.2, -0.15) is 0 Å². The smallest absolute Gasteiger partial charge is 0.209 e. The molecule has 2 aromatic heterocycles. The Bertz CT molecular complexity index is 1180. The first kappa shape index (κ1) is 21.9. The lowest BCUT2D eigenvalue weighted by atomic mass is 9.79. The molecular weight excluding hydrogens is 398 g/mol. The van der Waals surface area contributed by atoms with Crippen LogP contribution in [0.4, 0.5) is 5.82 Å². The minimum Gasteiger partial charge on any atom is -0.378 e. The van der Waals surface area contributed by atoms with Crippen molar-refractivity contribution in [1.29, 1.82) is 0 Å². The Hall–Kier alpha value is -3.35. The fourth-order valence-electron chi connectivity index (χ4n) is 4.32. The van der Waals surface area contributed by atoms with Gasteiger partial charge in [-0.1, -0.05) is 55.5 Å². The molecule has 32 heavy (non-hydrogen) atoms. The molecule has 0 unspecified atom stereocenters. The summed E-state index contributed by atoms with van der Waals surface area (Å²) in [7, 11) is 2.00. The number of terminal acetylenes is 1. The Balaban J connectivity index is 1.67. The molecule has 0 saturated heterocycles. The molecule has 1 saturated carbocycles. The summed E-state index contributed by atoms with van der Waals surface area (Å²) in [5, 5.41) is 10.9. The number of fused-ring (bicyclic) bond motifs is 1. The molecule has 1 aliphatic carbocycles. The van der Waals surface area contributed by atoms with Crippen LogP contribution in [0.1, 0.15) is 44.0 Å². The van der Waals surface area contributed by atoms with Crippen LogP contribution in [0.25, 0.3) is 11.2 Å². The topological polar surface area (TPSA) is 67.1 Å². The molecule has 0 spiro atoms. The van der Waals surface area contributed by atoms with Gasteiger partial charge in [-0.05, 0) is 43.1 Å². The Morgan fingerprint density at radius 3 is 2.84 bits per heavy atom. The minimum atomic E-state index is -0.978. The molecule has 3 aromatic rings. The summed E-state index contributed by atoms with van der Waals surface area (Å²) < 4.78 is 1.83. The monoisotopic (exact) mass is 427 g/mol. The first-order valence-electron chi connectivity index (χ1n) is 11.1. The van der Waals surface area contributed by atoms with Gasteiger partial charge in [-0.15, -0.1) is 6.42 Å². The zero-order valence-electron chi connectivity index (χ0n) is 18.8. The summed E-state index contributed by atoms with van der Waals surface area (Å²) in [6, 6.07) is 10.3. The van der Waals surface area contributed by atoms with Crippen molar-refractivity contribution in [1.82, 2.24) is 19.5 Å². The Kier molecular flexibility index (Phi) is 6.44. The van der Waals surface area contributed by atoms with Gasteiger partial charge in [0.1, 0.15) is 5.60 Å². The molecule has 0 bridgehead atoms. The van der Waals surface area contributed by atoms with E-state index in [1.807, 2.05) is 29.8 Å². The molecule has 1 N–H and O–H groups in total. The molecular formula is C26H29N5O. The Morgan fingerprint density at radius 2 is 2.09 bits per heavy atom. The van der Waals surface area contributed by atoms with Gasteiger partial charge in [0.15, 0.2) is 17.0 Å². The third-order valence-corrected chi connectivity index (χ3v) is 6.03. The van der Waals surface area contributed by atoms with Crippen LogP contribution >= 0.6 is 0 Å². The summed E-state index contributed by atoms with van der Waals surface area (Å²) in [4.78, 5) is 16.0. The highest BCUT2D eigenvalue weighted by Gasteiger charge is 2.30. The number of hydrogen-bond acceptors (Lipinski definition) is 5. The number of hydrogen-bond donors (Lipinski definition) is 1. The first-order valence-corrected chi connectivity index (χ1v) is 11.1. The summed E-state index contributed by atoms with van der Waals surface area (Å²) in [5.74, 6) is 10.3.